The van der Waals surface area contributed by atoms with Gasteiger partial charge in [0.15, 0.2) is 5.60 Å². The quantitative estimate of drug-likeness (QED) is 0.803. The number of likely N-dealkylation sites (tertiary alicyclic amines) is 1. The number of carbonyl (C=O) groups excluding carboxylic acids is 1. The van der Waals surface area contributed by atoms with Crippen LogP contribution in [0, 0.1) is 5.92 Å². The first-order chi connectivity index (χ1) is 12.4. The Kier molecular flexibility index (Phi) is 6.46. The summed E-state index contributed by atoms with van der Waals surface area (Å²) in [7, 11) is 0. The molecule has 1 aliphatic heterocycles. The smallest absolute Gasteiger partial charge is 0.263 e. The SMILES string of the molecule is CC(C)(Oc1ccc(Cl)cc1)C(=O)NC1CCN(CC2CCCC2)CC1. The van der Waals surface area contributed by atoms with Crippen molar-refractivity contribution in [3.63, 3.8) is 0 Å². The lowest BCUT2D eigenvalue weighted by atomic mass is 10.0. The highest BCUT2D eigenvalue weighted by Crippen LogP contribution is 2.27. The summed E-state index contributed by atoms with van der Waals surface area (Å²) in [5.41, 5.74) is -0.908. The first-order valence-corrected chi connectivity index (χ1v) is 10.3. The molecule has 144 valence electrons. The van der Waals surface area contributed by atoms with E-state index in [0.717, 1.165) is 31.8 Å². The van der Waals surface area contributed by atoms with Crippen LogP contribution in [0.2, 0.25) is 5.02 Å². The maximum Gasteiger partial charge on any atom is 0.263 e. The number of carbonyl (C=O) groups is 1. The molecular weight excluding hydrogens is 348 g/mol. The van der Waals surface area contributed by atoms with E-state index in [0.29, 0.717) is 10.8 Å². The van der Waals surface area contributed by atoms with Crippen molar-refractivity contribution in [1.82, 2.24) is 10.2 Å². The minimum Gasteiger partial charge on any atom is -0.478 e. The second-order valence-corrected chi connectivity index (χ2v) is 8.70. The molecule has 0 aromatic heterocycles. The van der Waals surface area contributed by atoms with Crippen LogP contribution in [-0.4, -0.2) is 42.1 Å². The van der Waals surface area contributed by atoms with E-state index in [9.17, 15) is 4.79 Å². The summed E-state index contributed by atoms with van der Waals surface area (Å²) < 4.78 is 5.89. The molecule has 1 saturated carbocycles. The number of piperidine rings is 1. The molecule has 4 nitrogen and oxygen atoms in total. The van der Waals surface area contributed by atoms with Crippen LogP contribution in [-0.2, 0) is 4.79 Å². The Labute approximate surface area is 162 Å². The van der Waals surface area contributed by atoms with Crippen molar-refractivity contribution in [2.24, 2.45) is 5.92 Å². The summed E-state index contributed by atoms with van der Waals surface area (Å²) in [6, 6.07) is 7.36. The molecule has 2 fully saturated rings. The second-order valence-electron chi connectivity index (χ2n) is 8.27. The molecular formula is C21H31ClN2O2. The predicted octanol–water partition coefficient (Wildman–Crippen LogP) is 4.27. The first-order valence-electron chi connectivity index (χ1n) is 9.90. The summed E-state index contributed by atoms with van der Waals surface area (Å²) >= 11 is 5.90. The van der Waals surface area contributed by atoms with Crippen molar-refractivity contribution in [2.45, 2.75) is 64.0 Å². The molecule has 0 atom stereocenters. The highest BCUT2D eigenvalue weighted by atomic mass is 35.5. The maximum absolute atomic E-state index is 12.7. The van der Waals surface area contributed by atoms with Crippen molar-refractivity contribution in [1.29, 1.82) is 0 Å². The fraction of sp³-hybridized carbons (Fsp3) is 0.667. The van der Waals surface area contributed by atoms with E-state index in [-0.39, 0.29) is 11.9 Å². The Morgan fingerprint density at radius 3 is 2.38 bits per heavy atom. The summed E-state index contributed by atoms with van der Waals surface area (Å²) in [5, 5.41) is 3.84. The van der Waals surface area contributed by atoms with Crippen LogP contribution in [0.4, 0.5) is 0 Å². The van der Waals surface area contributed by atoms with E-state index in [2.05, 4.69) is 10.2 Å². The van der Waals surface area contributed by atoms with Gasteiger partial charge in [-0.1, -0.05) is 24.4 Å². The van der Waals surface area contributed by atoms with Gasteiger partial charge in [-0.3, -0.25) is 4.79 Å². The summed E-state index contributed by atoms with van der Waals surface area (Å²) in [6.07, 6.45) is 7.64. The summed E-state index contributed by atoms with van der Waals surface area (Å²) in [6.45, 7) is 7.03. The van der Waals surface area contributed by atoms with Crippen LogP contribution in [0.3, 0.4) is 0 Å². The molecule has 1 N–H and O–H groups in total. The van der Waals surface area contributed by atoms with Gasteiger partial charge in [-0.15, -0.1) is 0 Å². The van der Waals surface area contributed by atoms with E-state index < -0.39 is 5.60 Å². The minimum absolute atomic E-state index is 0.0540. The molecule has 1 aromatic rings. The number of nitrogens with one attached hydrogen (secondary N) is 1. The average Bonchev–Trinajstić information content (AvgIpc) is 3.11. The van der Waals surface area contributed by atoms with Crippen LogP contribution < -0.4 is 10.1 Å². The molecule has 1 aliphatic carbocycles. The van der Waals surface area contributed by atoms with Crippen molar-refractivity contribution in [3.05, 3.63) is 29.3 Å². The first kappa shape index (κ1) is 19.5. The Balaban J connectivity index is 1.44. The summed E-state index contributed by atoms with van der Waals surface area (Å²) in [4.78, 5) is 15.3. The fourth-order valence-corrected chi connectivity index (χ4v) is 4.15. The molecule has 3 rings (SSSR count). The van der Waals surface area contributed by atoms with Gasteiger partial charge in [0.05, 0.1) is 0 Å². The third kappa shape index (κ3) is 5.37. The zero-order chi connectivity index (χ0) is 18.6. The maximum atomic E-state index is 12.7. The number of ether oxygens (including phenoxy) is 1. The standard InChI is InChI=1S/C21H31ClN2O2/c1-21(2,26-19-9-7-17(22)8-10-19)20(25)23-18-11-13-24(14-12-18)15-16-5-3-4-6-16/h7-10,16,18H,3-6,11-15H2,1-2H3,(H,23,25). The van der Waals surface area contributed by atoms with E-state index in [1.807, 2.05) is 13.8 Å². The van der Waals surface area contributed by atoms with Crippen LogP contribution in [0.5, 0.6) is 5.75 Å². The largest absolute Gasteiger partial charge is 0.478 e. The Bertz CT molecular complexity index is 589. The van der Waals surface area contributed by atoms with E-state index in [1.54, 1.807) is 24.3 Å². The third-order valence-electron chi connectivity index (χ3n) is 5.65. The monoisotopic (exact) mass is 378 g/mol. The Morgan fingerprint density at radius 1 is 1.15 bits per heavy atom. The van der Waals surface area contributed by atoms with Gasteiger partial charge in [0.1, 0.15) is 5.75 Å². The minimum atomic E-state index is -0.908. The molecule has 1 saturated heterocycles. The summed E-state index contributed by atoms with van der Waals surface area (Å²) in [5.74, 6) is 1.50. The average molecular weight is 379 g/mol. The van der Waals surface area contributed by atoms with Crippen LogP contribution >= 0.6 is 11.6 Å². The number of hydrogen-bond donors (Lipinski definition) is 1. The second kappa shape index (κ2) is 8.62. The van der Waals surface area contributed by atoms with Gasteiger partial charge in [-0.05, 0) is 69.7 Å². The van der Waals surface area contributed by atoms with Gasteiger partial charge in [-0.2, -0.15) is 0 Å². The highest BCUT2D eigenvalue weighted by molar-refractivity contribution is 6.30. The number of nitrogens with zero attached hydrogens (tertiary/aromatic N) is 1. The third-order valence-corrected chi connectivity index (χ3v) is 5.90. The zero-order valence-corrected chi connectivity index (χ0v) is 16.7. The Hall–Kier alpha value is -1.26. The molecule has 0 radical (unpaired) electrons. The number of rotatable bonds is 6. The fourth-order valence-electron chi connectivity index (χ4n) is 4.02. The van der Waals surface area contributed by atoms with Gasteiger partial charge in [-0.25, -0.2) is 0 Å². The van der Waals surface area contributed by atoms with E-state index in [1.165, 1.54) is 32.2 Å². The predicted molar refractivity (Wildman–Crippen MR) is 106 cm³/mol. The number of amides is 1. The molecule has 1 heterocycles. The van der Waals surface area contributed by atoms with Gasteiger partial charge in [0.2, 0.25) is 0 Å². The van der Waals surface area contributed by atoms with Gasteiger partial charge in [0.25, 0.3) is 5.91 Å². The van der Waals surface area contributed by atoms with Crippen molar-refractivity contribution >= 4 is 17.5 Å². The molecule has 5 heteroatoms. The van der Waals surface area contributed by atoms with Crippen LogP contribution in [0.1, 0.15) is 52.4 Å². The number of hydrogen-bond acceptors (Lipinski definition) is 3. The van der Waals surface area contributed by atoms with Crippen molar-refractivity contribution in [2.75, 3.05) is 19.6 Å². The molecule has 26 heavy (non-hydrogen) atoms. The normalized spacial score (nSPS) is 20.3. The lowest BCUT2D eigenvalue weighted by molar-refractivity contribution is -0.135. The van der Waals surface area contributed by atoms with E-state index >= 15 is 0 Å². The molecule has 0 unspecified atom stereocenters. The molecule has 2 aliphatic rings. The van der Waals surface area contributed by atoms with Crippen molar-refractivity contribution < 1.29 is 9.53 Å². The van der Waals surface area contributed by atoms with Crippen LogP contribution in [0.15, 0.2) is 24.3 Å². The topological polar surface area (TPSA) is 41.6 Å². The molecule has 1 aromatic carbocycles. The molecule has 0 spiro atoms. The lowest BCUT2D eigenvalue weighted by Crippen LogP contribution is -2.53. The number of benzene rings is 1. The number of halogens is 1. The van der Waals surface area contributed by atoms with Gasteiger partial charge >= 0.3 is 0 Å². The molecule has 0 bridgehead atoms. The van der Waals surface area contributed by atoms with Crippen LogP contribution in [0.25, 0.3) is 0 Å². The lowest BCUT2D eigenvalue weighted by Gasteiger charge is -2.35. The zero-order valence-electron chi connectivity index (χ0n) is 16.0. The van der Waals surface area contributed by atoms with Crippen molar-refractivity contribution in [3.8, 4) is 5.75 Å². The highest BCUT2D eigenvalue weighted by Gasteiger charge is 2.33. The molecule has 1 amide bonds. The van der Waals surface area contributed by atoms with Gasteiger partial charge < -0.3 is 15.0 Å². The Morgan fingerprint density at radius 2 is 1.77 bits per heavy atom. The van der Waals surface area contributed by atoms with Gasteiger partial charge in [0, 0.05) is 30.7 Å². The van der Waals surface area contributed by atoms with E-state index in [4.69, 9.17) is 16.3 Å².